The van der Waals surface area contributed by atoms with Crippen LogP contribution in [0.5, 0.6) is 5.75 Å². The molecule has 1 unspecified atom stereocenters. The molecule has 3 rings (SSSR count). The lowest BCUT2D eigenvalue weighted by molar-refractivity contribution is -0.255. The Labute approximate surface area is 135 Å². The Bertz CT molecular complexity index is 779. The van der Waals surface area contributed by atoms with Crippen molar-refractivity contribution in [2.75, 3.05) is 6.61 Å². The molecule has 1 aliphatic rings. The number of fused-ring (bicyclic) bond motifs is 1. The third-order valence-electron chi connectivity index (χ3n) is 4.44. The second-order valence-corrected chi connectivity index (χ2v) is 6.26. The second-order valence-electron chi connectivity index (χ2n) is 6.26. The Kier molecular flexibility index (Phi) is 3.86. The first kappa shape index (κ1) is 15.6. The van der Waals surface area contributed by atoms with Crippen LogP contribution in [0.25, 0.3) is 11.1 Å². The number of hydrogen-bond donors (Lipinski definition) is 1. The van der Waals surface area contributed by atoms with Crippen LogP contribution in [-0.4, -0.2) is 17.7 Å². The molecule has 4 heteroatoms. The standard InChI is InChI=1S/C19H20O4/c1-10-6-13(8-14(7-10)19(21)22)15-4-5-16-17(12(15)3)18(20)11(2)9-23-16/h4-8,11,18,20H,9H2,1-3H3,(H,21,22)/p-1/t11-,18?/m1/s1. The maximum atomic E-state index is 11.2. The SMILES string of the molecule is Cc1cc(C(=O)[O-])cc(-c2ccc3c(c2C)C(O)[C@H](C)CO3)c1. The Morgan fingerprint density at radius 3 is 2.70 bits per heavy atom. The number of hydrogen-bond acceptors (Lipinski definition) is 4. The van der Waals surface area contributed by atoms with Crippen LogP contribution in [0.3, 0.4) is 0 Å². The van der Waals surface area contributed by atoms with Gasteiger partial charge >= 0.3 is 0 Å². The van der Waals surface area contributed by atoms with Crippen LogP contribution < -0.4 is 9.84 Å². The van der Waals surface area contributed by atoms with Crippen molar-refractivity contribution < 1.29 is 19.7 Å². The van der Waals surface area contributed by atoms with E-state index in [-0.39, 0.29) is 11.5 Å². The predicted molar refractivity (Wildman–Crippen MR) is 85.3 cm³/mol. The highest BCUT2D eigenvalue weighted by Gasteiger charge is 2.28. The molecule has 1 heterocycles. The van der Waals surface area contributed by atoms with Crippen LogP contribution in [0.2, 0.25) is 0 Å². The van der Waals surface area contributed by atoms with E-state index in [1.54, 1.807) is 12.1 Å². The molecule has 0 radical (unpaired) electrons. The molecule has 0 aliphatic carbocycles. The van der Waals surface area contributed by atoms with Crippen LogP contribution in [0, 0.1) is 19.8 Å². The summed E-state index contributed by atoms with van der Waals surface area (Å²) in [6.45, 7) is 6.22. The van der Waals surface area contributed by atoms with Crippen LogP contribution in [0.15, 0.2) is 30.3 Å². The van der Waals surface area contributed by atoms with E-state index in [9.17, 15) is 15.0 Å². The van der Waals surface area contributed by atoms with Crippen LogP contribution in [0.1, 0.15) is 40.1 Å². The number of carboxylic acid groups (broad SMARTS) is 1. The minimum atomic E-state index is -1.19. The van der Waals surface area contributed by atoms with Crippen molar-refractivity contribution >= 4 is 5.97 Å². The number of benzene rings is 2. The molecular formula is C19H19O4-. The maximum absolute atomic E-state index is 11.2. The third-order valence-corrected chi connectivity index (χ3v) is 4.44. The second kappa shape index (κ2) is 5.70. The molecule has 1 aliphatic heterocycles. The molecule has 0 aromatic heterocycles. The van der Waals surface area contributed by atoms with Crippen molar-refractivity contribution in [2.24, 2.45) is 5.92 Å². The fourth-order valence-electron chi connectivity index (χ4n) is 3.16. The summed E-state index contributed by atoms with van der Waals surface area (Å²) in [5.41, 5.74) is 4.40. The molecule has 23 heavy (non-hydrogen) atoms. The summed E-state index contributed by atoms with van der Waals surface area (Å²) in [6, 6.07) is 8.88. The smallest absolute Gasteiger partial charge is 0.125 e. The summed E-state index contributed by atoms with van der Waals surface area (Å²) in [4.78, 5) is 11.2. The quantitative estimate of drug-likeness (QED) is 0.924. The largest absolute Gasteiger partial charge is 0.545 e. The van der Waals surface area contributed by atoms with E-state index in [0.29, 0.717) is 12.4 Å². The number of carbonyl (C=O) groups excluding carboxylic acids is 1. The van der Waals surface area contributed by atoms with Gasteiger partial charge in [-0.25, -0.2) is 0 Å². The van der Waals surface area contributed by atoms with Crippen molar-refractivity contribution in [3.63, 3.8) is 0 Å². The normalized spacial score (nSPS) is 19.8. The van der Waals surface area contributed by atoms with Crippen LogP contribution in [0.4, 0.5) is 0 Å². The van der Waals surface area contributed by atoms with E-state index in [1.807, 2.05) is 39.0 Å². The van der Waals surface area contributed by atoms with Crippen molar-refractivity contribution in [3.8, 4) is 16.9 Å². The summed E-state index contributed by atoms with van der Waals surface area (Å²) in [5.74, 6) is -0.472. The molecule has 1 N–H and O–H groups in total. The molecular weight excluding hydrogens is 292 g/mol. The number of aliphatic hydroxyl groups excluding tert-OH is 1. The summed E-state index contributed by atoms with van der Waals surface area (Å²) < 4.78 is 5.70. The third kappa shape index (κ3) is 2.70. The van der Waals surface area contributed by atoms with Gasteiger partial charge in [0.25, 0.3) is 0 Å². The molecule has 0 amide bonds. The van der Waals surface area contributed by atoms with E-state index in [0.717, 1.165) is 27.8 Å². The van der Waals surface area contributed by atoms with E-state index >= 15 is 0 Å². The highest BCUT2D eigenvalue weighted by Crippen LogP contribution is 2.41. The zero-order chi connectivity index (χ0) is 16.7. The van der Waals surface area contributed by atoms with E-state index in [1.165, 1.54) is 0 Å². The Morgan fingerprint density at radius 2 is 2.00 bits per heavy atom. The number of ether oxygens (including phenoxy) is 1. The van der Waals surface area contributed by atoms with Crippen LogP contribution in [-0.2, 0) is 0 Å². The molecule has 0 saturated heterocycles. The van der Waals surface area contributed by atoms with Crippen molar-refractivity contribution in [1.29, 1.82) is 0 Å². The lowest BCUT2D eigenvalue weighted by Crippen LogP contribution is -2.24. The van der Waals surface area contributed by atoms with Gasteiger partial charge in [-0.15, -0.1) is 0 Å². The van der Waals surface area contributed by atoms with Crippen molar-refractivity contribution in [2.45, 2.75) is 26.9 Å². The molecule has 0 bridgehead atoms. The highest BCUT2D eigenvalue weighted by atomic mass is 16.5. The minimum absolute atomic E-state index is 0.0211. The van der Waals surface area contributed by atoms with E-state index in [2.05, 4.69) is 0 Å². The monoisotopic (exact) mass is 311 g/mol. The first-order valence-electron chi connectivity index (χ1n) is 7.66. The fraction of sp³-hybridized carbons (Fsp3) is 0.316. The highest BCUT2D eigenvalue weighted by molar-refractivity contribution is 5.88. The van der Waals surface area contributed by atoms with E-state index < -0.39 is 12.1 Å². The van der Waals surface area contributed by atoms with Gasteiger partial charge in [-0.3, -0.25) is 0 Å². The van der Waals surface area contributed by atoms with Gasteiger partial charge in [0.15, 0.2) is 0 Å². The lowest BCUT2D eigenvalue weighted by Gasteiger charge is -2.30. The maximum Gasteiger partial charge on any atom is 0.125 e. The van der Waals surface area contributed by atoms with Gasteiger partial charge in [-0.1, -0.05) is 25.1 Å². The van der Waals surface area contributed by atoms with Gasteiger partial charge in [0.2, 0.25) is 0 Å². The number of carbonyl (C=O) groups is 1. The van der Waals surface area contributed by atoms with Crippen molar-refractivity contribution in [1.82, 2.24) is 0 Å². The molecule has 0 spiro atoms. The number of rotatable bonds is 2. The van der Waals surface area contributed by atoms with Gasteiger partial charge in [-0.2, -0.15) is 0 Å². The summed E-state index contributed by atoms with van der Waals surface area (Å²) in [6.07, 6.45) is -0.580. The minimum Gasteiger partial charge on any atom is -0.545 e. The topological polar surface area (TPSA) is 69.6 Å². The zero-order valence-electron chi connectivity index (χ0n) is 13.4. The summed E-state index contributed by atoms with van der Waals surface area (Å²) in [5, 5.41) is 21.7. The fourth-order valence-corrected chi connectivity index (χ4v) is 3.16. The van der Waals surface area contributed by atoms with Gasteiger partial charge in [0.05, 0.1) is 18.7 Å². The molecule has 2 aromatic carbocycles. The first-order valence-corrected chi connectivity index (χ1v) is 7.66. The van der Waals surface area contributed by atoms with Gasteiger partial charge < -0.3 is 19.7 Å². The van der Waals surface area contributed by atoms with Gasteiger partial charge in [-0.05, 0) is 53.8 Å². The molecule has 4 nitrogen and oxygen atoms in total. The Hall–Kier alpha value is -2.33. The Morgan fingerprint density at radius 1 is 1.26 bits per heavy atom. The zero-order valence-corrected chi connectivity index (χ0v) is 13.4. The van der Waals surface area contributed by atoms with Crippen molar-refractivity contribution in [3.05, 3.63) is 52.6 Å². The molecule has 120 valence electrons. The van der Waals surface area contributed by atoms with Gasteiger partial charge in [0, 0.05) is 11.5 Å². The molecule has 0 fully saturated rings. The van der Waals surface area contributed by atoms with Crippen LogP contribution >= 0.6 is 0 Å². The average molecular weight is 311 g/mol. The molecule has 0 saturated carbocycles. The molecule has 2 atom stereocenters. The summed E-state index contributed by atoms with van der Waals surface area (Å²) >= 11 is 0. The number of aryl methyl sites for hydroxylation is 1. The first-order chi connectivity index (χ1) is 10.9. The number of aliphatic hydroxyl groups is 1. The lowest BCUT2D eigenvalue weighted by atomic mass is 9.87. The number of carboxylic acids is 1. The number of aromatic carboxylic acids is 1. The molecule has 2 aromatic rings. The Balaban J connectivity index is 2.17. The average Bonchev–Trinajstić information content (AvgIpc) is 2.50. The predicted octanol–water partition coefficient (Wildman–Crippen LogP) is 2.40. The summed E-state index contributed by atoms with van der Waals surface area (Å²) in [7, 11) is 0. The van der Waals surface area contributed by atoms with Gasteiger partial charge in [0.1, 0.15) is 5.75 Å². The van der Waals surface area contributed by atoms with E-state index in [4.69, 9.17) is 4.74 Å².